The Hall–Kier alpha value is -1.80. The highest BCUT2D eigenvalue weighted by molar-refractivity contribution is 5.27. The number of methoxy groups -OCH3 is 1. The average Bonchev–Trinajstić information content (AvgIpc) is 2.48. The van der Waals surface area contributed by atoms with E-state index in [4.69, 9.17) is 4.74 Å². The van der Waals surface area contributed by atoms with E-state index in [1.165, 1.54) is 16.7 Å². The molecule has 0 saturated carbocycles. The summed E-state index contributed by atoms with van der Waals surface area (Å²) < 4.78 is 5.17. The molecule has 0 saturated heterocycles. The zero-order valence-electron chi connectivity index (χ0n) is 12.5. The van der Waals surface area contributed by atoms with Crippen LogP contribution in [0.25, 0.3) is 0 Å². The third-order valence-corrected chi connectivity index (χ3v) is 3.57. The molecule has 0 bridgehead atoms. The van der Waals surface area contributed by atoms with Crippen LogP contribution in [0.3, 0.4) is 0 Å². The van der Waals surface area contributed by atoms with Crippen molar-refractivity contribution in [1.29, 1.82) is 0 Å². The van der Waals surface area contributed by atoms with Crippen LogP contribution in [0.15, 0.2) is 48.5 Å². The number of hydrogen-bond donors (Lipinski definition) is 1. The van der Waals surface area contributed by atoms with Gasteiger partial charge in [0.2, 0.25) is 0 Å². The summed E-state index contributed by atoms with van der Waals surface area (Å²) in [5.41, 5.74) is 3.99. The van der Waals surface area contributed by atoms with Crippen LogP contribution < -0.4 is 10.1 Å². The van der Waals surface area contributed by atoms with Crippen molar-refractivity contribution in [2.24, 2.45) is 0 Å². The minimum atomic E-state index is 0.383. The molecule has 0 spiro atoms. The summed E-state index contributed by atoms with van der Waals surface area (Å²) in [5, 5.41) is 3.57. The van der Waals surface area contributed by atoms with E-state index in [0.29, 0.717) is 6.04 Å². The highest BCUT2D eigenvalue weighted by atomic mass is 16.5. The molecule has 1 atom stereocenters. The molecule has 0 fully saturated rings. The van der Waals surface area contributed by atoms with Crippen molar-refractivity contribution in [3.8, 4) is 5.75 Å². The maximum atomic E-state index is 5.17. The molecule has 2 rings (SSSR count). The summed E-state index contributed by atoms with van der Waals surface area (Å²) in [5.74, 6) is 0.912. The smallest absolute Gasteiger partial charge is 0.118 e. The zero-order chi connectivity index (χ0) is 14.4. The Balaban J connectivity index is 1.82. The van der Waals surface area contributed by atoms with Gasteiger partial charge in [-0.15, -0.1) is 0 Å². The molecule has 2 nitrogen and oxygen atoms in total. The Morgan fingerprint density at radius 1 is 1.10 bits per heavy atom. The monoisotopic (exact) mass is 269 g/mol. The zero-order valence-corrected chi connectivity index (χ0v) is 12.5. The summed E-state index contributed by atoms with van der Waals surface area (Å²) in [7, 11) is 1.69. The fourth-order valence-corrected chi connectivity index (χ4v) is 2.28. The second-order valence-corrected chi connectivity index (χ2v) is 5.19. The van der Waals surface area contributed by atoms with Gasteiger partial charge in [-0.25, -0.2) is 0 Å². The van der Waals surface area contributed by atoms with Gasteiger partial charge in [0.1, 0.15) is 5.75 Å². The van der Waals surface area contributed by atoms with Crippen LogP contribution in [0.4, 0.5) is 0 Å². The van der Waals surface area contributed by atoms with Crippen molar-refractivity contribution < 1.29 is 4.74 Å². The number of benzene rings is 2. The summed E-state index contributed by atoms with van der Waals surface area (Å²) in [4.78, 5) is 0. The Morgan fingerprint density at radius 3 is 2.50 bits per heavy atom. The molecule has 0 aliphatic rings. The molecule has 20 heavy (non-hydrogen) atoms. The third-order valence-electron chi connectivity index (χ3n) is 3.57. The number of hydrogen-bond acceptors (Lipinski definition) is 2. The Labute approximate surface area is 121 Å². The molecular weight excluding hydrogens is 246 g/mol. The van der Waals surface area contributed by atoms with Crippen LogP contribution >= 0.6 is 0 Å². The highest BCUT2D eigenvalue weighted by Crippen LogP contribution is 2.14. The minimum Gasteiger partial charge on any atom is -0.497 e. The molecule has 0 radical (unpaired) electrons. The van der Waals surface area contributed by atoms with Crippen molar-refractivity contribution >= 4 is 0 Å². The highest BCUT2D eigenvalue weighted by Gasteiger charge is 2.04. The molecule has 0 aliphatic heterocycles. The molecule has 1 N–H and O–H groups in total. The van der Waals surface area contributed by atoms with E-state index in [0.717, 1.165) is 18.7 Å². The van der Waals surface area contributed by atoms with Crippen LogP contribution in [0.2, 0.25) is 0 Å². The van der Waals surface area contributed by atoms with E-state index in [-0.39, 0.29) is 0 Å². The van der Waals surface area contributed by atoms with Gasteiger partial charge in [0.15, 0.2) is 0 Å². The average molecular weight is 269 g/mol. The van der Waals surface area contributed by atoms with E-state index in [9.17, 15) is 0 Å². The first kappa shape index (κ1) is 14.6. The predicted molar refractivity (Wildman–Crippen MR) is 84.3 cm³/mol. The van der Waals surface area contributed by atoms with Gasteiger partial charge in [-0.1, -0.05) is 42.0 Å². The third kappa shape index (κ3) is 4.10. The summed E-state index contributed by atoms with van der Waals surface area (Å²) in [6, 6.07) is 17.3. The number of rotatable bonds is 6. The lowest BCUT2D eigenvalue weighted by Gasteiger charge is -2.15. The van der Waals surface area contributed by atoms with Crippen molar-refractivity contribution in [2.75, 3.05) is 13.7 Å². The van der Waals surface area contributed by atoms with Gasteiger partial charge in [-0.2, -0.15) is 0 Å². The van der Waals surface area contributed by atoms with E-state index in [1.807, 2.05) is 12.1 Å². The summed E-state index contributed by atoms with van der Waals surface area (Å²) in [6.45, 7) is 5.32. The molecule has 2 aromatic carbocycles. The van der Waals surface area contributed by atoms with Gasteiger partial charge in [-0.3, -0.25) is 0 Å². The number of nitrogens with one attached hydrogen (secondary N) is 1. The van der Waals surface area contributed by atoms with Crippen molar-refractivity contribution in [3.05, 3.63) is 65.2 Å². The van der Waals surface area contributed by atoms with Crippen molar-refractivity contribution in [1.82, 2.24) is 5.32 Å². The second kappa shape index (κ2) is 7.11. The minimum absolute atomic E-state index is 0.383. The Morgan fingerprint density at radius 2 is 1.85 bits per heavy atom. The van der Waals surface area contributed by atoms with E-state index in [1.54, 1.807) is 7.11 Å². The fraction of sp³-hybridized carbons (Fsp3) is 0.333. The lowest BCUT2D eigenvalue weighted by atomic mass is 10.1. The van der Waals surface area contributed by atoms with Crippen LogP contribution in [-0.2, 0) is 6.42 Å². The van der Waals surface area contributed by atoms with Crippen LogP contribution in [0.1, 0.15) is 29.7 Å². The molecule has 0 unspecified atom stereocenters. The molecule has 0 aromatic heterocycles. The maximum absolute atomic E-state index is 5.17. The standard InChI is InChI=1S/C18H23NO/c1-14-5-4-6-17(13-14)15(2)19-12-11-16-7-9-18(20-3)10-8-16/h4-10,13,15,19H,11-12H2,1-3H3/t15-/m1/s1. The molecular formula is C18H23NO. The van der Waals surface area contributed by atoms with Crippen molar-refractivity contribution in [2.45, 2.75) is 26.3 Å². The lowest BCUT2D eigenvalue weighted by molar-refractivity contribution is 0.414. The van der Waals surface area contributed by atoms with Crippen LogP contribution in [-0.4, -0.2) is 13.7 Å². The molecule has 2 heteroatoms. The van der Waals surface area contributed by atoms with Crippen LogP contribution in [0, 0.1) is 6.92 Å². The molecule has 0 heterocycles. The van der Waals surface area contributed by atoms with Gasteiger partial charge in [0.05, 0.1) is 7.11 Å². The maximum Gasteiger partial charge on any atom is 0.118 e. The molecule has 106 valence electrons. The van der Waals surface area contributed by atoms with Gasteiger partial charge < -0.3 is 10.1 Å². The normalized spacial score (nSPS) is 12.2. The van der Waals surface area contributed by atoms with E-state index in [2.05, 4.69) is 55.6 Å². The number of aryl methyl sites for hydroxylation is 1. The Bertz CT molecular complexity index is 533. The SMILES string of the molecule is COc1ccc(CCN[C@H](C)c2cccc(C)c2)cc1. The predicted octanol–water partition coefficient (Wildman–Crippen LogP) is 3.90. The first-order chi connectivity index (χ1) is 9.69. The van der Waals surface area contributed by atoms with Crippen LogP contribution in [0.5, 0.6) is 5.75 Å². The largest absolute Gasteiger partial charge is 0.497 e. The fourth-order valence-electron chi connectivity index (χ4n) is 2.28. The molecule has 0 aliphatic carbocycles. The molecule has 2 aromatic rings. The topological polar surface area (TPSA) is 21.3 Å². The quantitative estimate of drug-likeness (QED) is 0.859. The molecule has 0 amide bonds. The number of ether oxygens (including phenoxy) is 1. The Kier molecular flexibility index (Phi) is 5.19. The van der Waals surface area contributed by atoms with E-state index >= 15 is 0 Å². The van der Waals surface area contributed by atoms with E-state index < -0.39 is 0 Å². The van der Waals surface area contributed by atoms with Crippen molar-refractivity contribution in [3.63, 3.8) is 0 Å². The first-order valence-corrected chi connectivity index (χ1v) is 7.12. The second-order valence-electron chi connectivity index (χ2n) is 5.19. The van der Waals surface area contributed by atoms with Gasteiger partial charge >= 0.3 is 0 Å². The van der Waals surface area contributed by atoms with Gasteiger partial charge in [-0.05, 0) is 50.1 Å². The first-order valence-electron chi connectivity index (χ1n) is 7.12. The van der Waals surface area contributed by atoms with Gasteiger partial charge in [0.25, 0.3) is 0 Å². The van der Waals surface area contributed by atoms with Gasteiger partial charge in [0, 0.05) is 6.04 Å². The summed E-state index contributed by atoms with van der Waals surface area (Å²) >= 11 is 0. The lowest BCUT2D eigenvalue weighted by Crippen LogP contribution is -2.21. The summed E-state index contributed by atoms with van der Waals surface area (Å²) in [6.07, 6.45) is 1.03.